The van der Waals surface area contributed by atoms with Gasteiger partial charge in [0, 0.05) is 18.8 Å². The van der Waals surface area contributed by atoms with Crippen LogP contribution in [-0.4, -0.2) is 27.6 Å². The fraction of sp³-hybridized carbons (Fsp3) is 0.143. The topological polar surface area (TPSA) is 83.3 Å². The third-order valence-corrected chi connectivity index (χ3v) is 6.29. The fourth-order valence-corrected chi connectivity index (χ4v) is 3.97. The summed E-state index contributed by atoms with van der Waals surface area (Å²) in [6.45, 7) is 1.94. The Kier molecular flexibility index (Phi) is 5.34. The summed E-state index contributed by atoms with van der Waals surface area (Å²) in [5.41, 5.74) is 3.50. The van der Waals surface area contributed by atoms with Crippen LogP contribution in [-0.2, 0) is 10.0 Å². The number of anilines is 1. The van der Waals surface area contributed by atoms with Crippen LogP contribution in [0.1, 0.15) is 11.3 Å². The van der Waals surface area contributed by atoms with Gasteiger partial charge in [0.1, 0.15) is 17.5 Å². The molecule has 142 valence electrons. The van der Waals surface area contributed by atoms with Gasteiger partial charge in [-0.15, -0.1) is 0 Å². The van der Waals surface area contributed by atoms with Gasteiger partial charge >= 0.3 is 0 Å². The number of nitrogens with zero attached hydrogens (tertiary/aromatic N) is 3. The Morgan fingerprint density at radius 1 is 1.07 bits per heavy atom. The first-order valence-corrected chi connectivity index (χ1v) is 9.91. The van der Waals surface area contributed by atoms with Crippen LogP contribution in [0.15, 0.2) is 65.7 Å². The summed E-state index contributed by atoms with van der Waals surface area (Å²) in [4.78, 5) is 4.28. The second kappa shape index (κ2) is 7.71. The van der Waals surface area contributed by atoms with E-state index in [0.29, 0.717) is 17.1 Å². The third kappa shape index (κ3) is 3.68. The normalized spacial score (nSPS) is 10.9. The fourth-order valence-electron chi connectivity index (χ4n) is 2.78. The maximum Gasteiger partial charge on any atom is 0.264 e. The van der Waals surface area contributed by atoms with E-state index < -0.39 is 10.0 Å². The number of hydrogen-bond acceptors (Lipinski definition) is 5. The highest BCUT2D eigenvalue weighted by Gasteiger charge is 2.22. The van der Waals surface area contributed by atoms with Crippen molar-refractivity contribution in [1.82, 2.24) is 4.98 Å². The molecule has 0 aliphatic rings. The Morgan fingerprint density at radius 3 is 2.36 bits per heavy atom. The Morgan fingerprint density at radius 2 is 1.79 bits per heavy atom. The van der Waals surface area contributed by atoms with Crippen molar-refractivity contribution in [3.63, 3.8) is 0 Å². The van der Waals surface area contributed by atoms with Gasteiger partial charge in [0.2, 0.25) is 0 Å². The van der Waals surface area contributed by atoms with E-state index in [-0.39, 0.29) is 4.90 Å². The molecule has 0 aliphatic heterocycles. The Bertz CT molecular complexity index is 1130. The quantitative estimate of drug-likeness (QED) is 0.659. The number of sulfonamides is 1. The van der Waals surface area contributed by atoms with Crippen molar-refractivity contribution in [2.24, 2.45) is 0 Å². The van der Waals surface area contributed by atoms with Gasteiger partial charge in [-0.3, -0.25) is 4.31 Å². The summed E-state index contributed by atoms with van der Waals surface area (Å²) in [5, 5.41) is 8.91. The number of nitriles is 1. The van der Waals surface area contributed by atoms with Gasteiger partial charge in [-0.05, 0) is 66.6 Å². The molecule has 3 rings (SSSR count). The maximum atomic E-state index is 13.0. The van der Waals surface area contributed by atoms with E-state index in [0.717, 1.165) is 16.7 Å². The molecule has 0 aliphatic carbocycles. The van der Waals surface area contributed by atoms with Crippen molar-refractivity contribution in [2.75, 3.05) is 18.5 Å². The van der Waals surface area contributed by atoms with Crippen LogP contribution in [0.5, 0.6) is 5.75 Å². The lowest BCUT2D eigenvalue weighted by atomic mass is 10.0. The van der Waals surface area contributed by atoms with Crippen molar-refractivity contribution in [3.8, 4) is 22.9 Å². The number of benzene rings is 2. The first-order valence-electron chi connectivity index (χ1n) is 8.47. The molecule has 0 spiro atoms. The summed E-state index contributed by atoms with van der Waals surface area (Å²) < 4.78 is 32.3. The zero-order valence-corrected chi connectivity index (χ0v) is 16.6. The van der Waals surface area contributed by atoms with E-state index in [4.69, 9.17) is 10.00 Å². The van der Waals surface area contributed by atoms with Gasteiger partial charge < -0.3 is 4.74 Å². The molecule has 0 radical (unpaired) electrons. The van der Waals surface area contributed by atoms with Gasteiger partial charge in [-0.2, -0.15) is 5.26 Å². The van der Waals surface area contributed by atoms with Crippen molar-refractivity contribution in [3.05, 3.63) is 72.1 Å². The summed E-state index contributed by atoms with van der Waals surface area (Å²) >= 11 is 0. The van der Waals surface area contributed by atoms with Crippen LogP contribution in [0.25, 0.3) is 11.1 Å². The number of pyridine rings is 1. The van der Waals surface area contributed by atoms with Crippen LogP contribution >= 0.6 is 0 Å². The number of aromatic nitrogens is 1. The molecule has 0 atom stereocenters. The molecule has 1 heterocycles. The van der Waals surface area contributed by atoms with Crippen molar-refractivity contribution < 1.29 is 13.2 Å². The van der Waals surface area contributed by atoms with Crippen LogP contribution < -0.4 is 9.04 Å². The summed E-state index contributed by atoms with van der Waals surface area (Å²) in [6, 6.07) is 17.1. The highest BCUT2D eigenvalue weighted by Crippen LogP contribution is 2.30. The molecule has 7 heteroatoms. The molecule has 0 amide bonds. The molecule has 0 saturated carbocycles. The van der Waals surface area contributed by atoms with E-state index >= 15 is 0 Å². The van der Waals surface area contributed by atoms with Crippen molar-refractivity contribution in [2.45, 2.75) is 11.8 Å². The number of methoxy groups -OCH3 is 1. The van der Waals surface area contributed by atoms with E-state index in [2.05, 4.69) is 4.98 Å². The minimum Gasteiger partial charge on any atom is -0.497 e. The molecule has 1 aromatic heterocycles. The Hall–Kier alpha value is -3.37. The van der Waals surface area contributed by atoms with Crippen molar-refractivity contribution in [1.29, 1.82) is 5.26 Å². The number of rotatable bonds is 5. The Labute approximate surface area is 164 Å². The van der Waals surface area contributed by atoms with Gasteiger partial charge in [-0.25, -0.2) is 13.4 Å². The second-order valence-electron chi connectivity index (χ2n) is 6.19. The van der Waals surface area contributed by atoms with Crippen LogP contribution in [0.4, 0.5) is 5.69 Å². The molecule has 0 saturated heterocycles. The molecular formula is C21H19N3O3S. The number of aryl methyl sites for hydroxylation is 1. The maximum absolute atomic E-state index is 13.0. The van der Waals surface area contributed by atoms with Crippen LogP contribution in [0, 0.1) is 18.3 Å². The van der Waals surface area contributed by atoms with Gasteiger partial charge in [0.15, 0.2) is 0 Å². The molecule has 0 bridgehead atoms. The van der Waals surface area contributed by atoms with Gasteiger partial charge in [0.25, 0.3) is 10.0 Å². The largest absolute Gasteiger partial charge is 0.497 e. The van der Waals surface area contributed by atoms with Crippen LogP contribution in [0.2, 0.25) is 0 Å². The zero-order chi connectivity index (χ0) is 20.3. The molecule has 2 aromatic carbocycles. The third-order valence-electron chi connectivity index (χ3n) is 4.49. The lowest BCUT2D eigenvalue weighted by Crippen LogP contribution is -2.26. The minimum absolute atomic E-state index is 0.179. The molecule has 0 fully saturated rings. The summed E-state index contributed by atoms with van der Waals surface area (Å²) in [5.74, 6) is 0.590. The second-order valence-corrected chi connectivity index (χ2v) is 8.16. The Balaban J connectivity index is 1.99. The molecule has 28 heavy (non-hydrogen) atoms. The first-order chi connectivity index (χ1) is 13.4. The summed E-state index contributed by atoms with van der Waals surface area (Å²) in [6.07, 6.45) is 1.61. The molecule has 3 aromatic rings. The number of hydrogen-bond donors (Lipinski definition) is 0. The lowest BCUT2D eigenvalue weighted by molar-refractivity contribution is 0.414. The highest BCUT2D eigenvalue weighted by atomic mass is 32.2. The first kappa shape index (κ1) is 19.4. The standard InChI is InChI=1S/C21H19N3O3S/c1-15-4-7-18(12-21(15)16-5-6-17(13-22)23-14-16)24(2)28(25,26)20-10-8-19(27-3)9-11-20/h4-12,14H,1-3H3. The van der Waals surface area contributed by atoms with E-state index in [1.54, 1.807) is 42.6 Å². The van der Waals surface area contributed by atoms with E-state index in [1.165, 1.54) is 30.6 Å². The monoisotopic (exact) mass is 393 g/mol. The predicted molar refractivity (Wildman–Crippen MR) is 108 cm³/mol. The molecular weight excluding hydrogens is 374 g/mol. The van der Waals surface area contributed by atoms with Gasteiger partial charge in [-0.1, -0.05) is 6.07 Å². The smallest absolute Gasteiger partial charge is 0.264 e. The van der Waals surface area contributed by atoms with Crippen LogP contribution in [0.3, 0.4) is 0 Å². The average molecular weight is 393 g/mol. The minimum atomic E-state index is -3.72. The van der Waals surface area contributed by atoms with E-state index in [9.17, 15) is 8.42 Å². The van der Waals surface area contributed by atoms with Gasteiger partial charge in [0.05, 0.1) is 17.7 Å². The highest BCUT2D eigenvalue weighted by molar-refractivity contribution is 7.92. The number of ether oxygens (including phenoxy) is 1. The SMILES string of the molecule is COc1ccc(S(=O)(=O)N(C)c2ccc(C)c(-c3ccc(C#N)nc3)c2)cc1. The average Bonchev–Trinajstić information content (AvgIpc) is 2.73. The lowest BCUT2D eigenvalue weighted by Gasteiger charge is -2.21. The molecule has 0 unspecified atom stereocenters. The predicted octanol–water partition coefficient (Wildman–Crippen LogP) is 3.76. The molecule has 6 nitrogen and oxygen atoms in total. The van der Waals surface area contributed by atoms with E-state index in [1.807, 2.05) is 19.1 Å². The molecule has 0 N–H and O–H groups in total. The summed E-state index contributed by atoms with van der Waals surface area (Å²) in [7, 11) is -0.672. The zero-order valence-electron chi connectivity index (χ0n) is 15.7. The van der Waals surface area contributed by atoms with Crippen molar-refractivity contribution >= 4 is 15.7 Å².